The van der Waals surface area contributed by atoms with Crippen molar-refractivity contribution in [3.63, 3.8) is 0 Å². The summed E-state index contributed by atoms with van der Waals surface area (Å²) in [5, 5.41) is 5.36. The van der Waals surface area contributed by atoms with Gasteiger partial charge in [0.2, 0.25) is 0 Å². The van der Waals surface area contributed by atoms with Crippen molar-refractivity contribution in [2.45, 2.75) is 6.42 Å². The number of allylic oxidation sites excluding steroid dienone is 4. The standard InChI is InChI=1S/C15H14N.C13H10.C5H5.2ClH.Zr/c1-16(2)14-9-5-7-12-10-11-6-3-4-8-13(11)15(12)14;1-3-7-12(8-4-1)11-13-9-5-2-6-10-13;1-2-4-5-3-1;;;/h3-10H,1-2H3;1-10H;1-3H,4H2;2*1H;/q-1;;-1;;;+2. The van der Waals surface area contributed by atoms with Crippen LogP contribution in [0.5, 0.6) is 0 Å². The fourth-order valence-corrected chi connectivity index (χ4v) is 4.90. The molecule has 1 nitrogen and oxygen atoms in total. The van der Waals surface area contributed by atoms with E-state index in [1.807, 2.05) is 12.2 Å². The second kappa shape index (κ2) is 15.6. The predicted molar refractivity (Wildman–Crippen MR) is 164 cm³/mol. The van der Waals surface area contributed by atoms with Crippen molar-refractivity contribution in [1.82, 2.24) is 0 Å². The summed E-state index contributed by atoms with van der Waals surface area (Å²) in [7, 11) is 4.19. The molecule has 0 spiro atoms. The molecular formula is C33H31Cl2NZr. The molecule has 5 aromatic rings. The molecule has 0 saturated carbocycles. The first-order chi connectivity index (χ1) is 17.1. The van der Waals surface area contributed by atoms with Crippen molar-refractivity contribution < 1.29 is 24.2 Å². The third-order valence-corrected chi connectivity index (χ3v) is 7.23. The molecule has 0 bridgehead atoms. The maximum atomic E-state index is 2.99. The van der Waals surface area contributed by atoms with Crippen LogP contribution in [0.15, 0.2) is 127 Å². The van der Waals surface area contributed by atoms with Gasteiger partial charge in [0.1, 0.15) is 0 Å². The molecule has 0 unspecified atom stereocenters. The summed E-state index contributed by atoms with van der Waals surface area (Å²) >= 11 is 1.46. The summed E-state index contributed by atoms with van der Waals surface area (Å²) in [6.07, 6.45) is 10.0. The van der Waals surface area contributed by atoms with Crippen LogP contribution in [0.3, 0.4) is 0 Å². The summed E-state index contributed by atoms with van der Waals surface area (Å²) in [5.41, 5.74) is 3.95. The Balaban J connectivity index is 0.000000211. The zero-order chi connectivity index (χ0) is 24.5. The van der Waals surface area contributed by atoms with Gasteiger partial charge >= 0.3 is 99.2 Å². The van der Waals surface area contributed by atoms with Crippen LogP contribution in [0.25, 0.3) is 21.5 Å². The minimum atomic E-state index is 0. The van der Waals surface area contributed by atoms with E-state index in [1.165, 1.54) is 65.8 Å². The topological polar surface area (TPSA) is 3.24 Å². The Hall–Kier alpha value is -2.64. The van der Waals surface area contributed by atoms with Gasteiger partial charge in [0.25, 0.3) is 0 Å². The van der Waals surface area contributed by atoms with Crippen molar-refractivity contribution >= 4 is 55.3 Å². The molecule has 0 aromatic heterocycles. The van der Waals surface area contributed by atoms with Gasteiger partial charge in [0.05, 0.1) is 0 Å². The third kappa shape index (κ3) is 8.17. The molecule has 4 heteroatoms. The summed E-state index contributed by atoms with van der Waals surface area (Å²) in [6, 6.07) is 38.4. The quantitative estimate of drug-likeness (QED) is 0.187. The fraction of sp³-hybridized carbons (Fsp3) is 0.0909. The van der Waals surface area contributed by atoms with Crippen molar-refractivity contribution in [2.75, 3.05) is 19.0 Å². The maximum absolute atomic E-state index is 2.99. The molecule has 5 aromatic carbocycles. The van der Waals surface area contributed by atoms with E-state index in [2.05, 4.69) is 140 Å². The van der Waals surface area contributed by atoms with E-state index < -0.39 is 0 Å². The number of fused-ring (bicyclic) bond motifs is 3. The molecule has 1 aliphatic rings. The van der Waals surface area contributed by atoms with E-state index >= 15 is 0 Å². The van der Waals surface area contributed by atoms with Gasteiger partial charge in [-0.1, -0.05) is 35.7 Å². The van der Waals surface area contributed by atoms with Gasteiger partial charge in [0.15, 0.2) is 0 Å². The van der Waals surface area contributed by atoms with Crippen LogP contribution in [-0.4, -0.2) is 17.3 Å². The van der Waals surface area contributed by atoms with Crippen LogP contribution >= 0.6 is 24.8 Å². The molecule has 0 saturated heterocycles. The van der Waals surface area contributed by atoms with E-state index in [1.54, 1.807) is 0 Å². The Morgan fingerprint density at radius 3 is 1.81 bits per heavy atom. The zero-order valence-corrected chi connectivity index (χ0v) is 25.2. The van der Waals surface area contributed by atoms with Gasteiger partial charge in [-0.15, -0.1) is 65.6 Å². The summed E-state index contributed by atoms with van der Waals surface area (Å²) < 4.78 is 1.42. The van der Waals surface area contributed by atoms with Gasteiger partial charge in [-0.05, 0) is 0 Å². The van der Waals surface area contributed by atoms with Gasteiger partial charge in [0, 0.05) is 19.8 Å². The van der Waals surface area contributed by atoms with E-state index in [0.29, 0.717) is 0 Å². The van der Waals surface area contributed by atoms with E-state index in [-0.39, 0.29) is 24.8 Å². The number of rotatable bonds is 3. The van der Waals surface area contributed by atoms with Crippen LogP contribution in [0.1, 0.15) is 17.5 Å². The van der Waals surface area contributed by atoms with Crippen LogP contribution in [0, 0.1) is 6.08 Å². The molecule has 0 aliphatic heterocycles. The average Bonchev–Trinajstić information content (AvgIpc) is 3.61. The third-order valence-electron chi connectivity index (χ3n) is 5.81. The normalized spacial score (nSPS) is 10.9. The van der Waals surface area contributed by atoms with Crippen LogP contribution < -0.4 is 4.90 Å². The van der Waals surface area contributed by atoms with Gasteiger partial charge in [-0.2, -0.15) is 6.08 Å². The Bertz CT molecular complexity index is 1400. The molecule has 0 heterocycles. The van der Waals surface area contributed by atoms with Crippen molar-refractivity contribution in [3.8, 4) is 0 Å². The Labute approximate surface area is 248 Å². The molecule has 0 fully saturated rings. The second-order valence-corrected chi connectivity index (χ2v) is 9.71. The van der Waals surface area contributed by atoms with Gasteiger partial charge in [-0.3, -0.25) is 6.08 Å². The minimum absolute atomic E-state index is 0. The first kappa shape index (κ1) is 30.6. The van der Waals surface area contributed by atoms with E-state index in [4.69, 9.17) is 0 Å². The number of anilines is 1. The number of halogens is 2. The Kier molecular flexibility index (Phi) is 12.9. The monoisotopic (exact) mass is 601 g/mol. The molecule has 37 heavy (non-hydrogen) atoms. The second-order valence-electron chi connectivity index (χ2n) is 8.48. The van der Waals surface area contributed by atoms with Gasteiger partial charge < -0.3 is 4.90 Å². The Morgan fingerprint density at radius 2 is 1.30 bits per heavy atom. The first-order valence-electron chi connectivity index (χ1n) is 11.8. The SMILES string of the molecule is CN(C)c1cccc2[cH-]c3ccccc3c12.Cl.Cl.[C-]1=CC=CC1.[Zr+2]=[C](c1ccccc1)c1ccccc1. The average molecular weight is 604 g/mol. The molecular weight excluding hydrogens is 573 g/mol. The zero-order valence-electron chi connectivity index (χ0n) is 21.1. The molecule has 1 aliphatic carbocycles. The molecule has 186 valence electrons. The first-order valence-corrected chi connectivity index (χ1v) is 13.0. The van der Waals surface area contributed by atoms with E-state index in [0.717, 1.165) is 6.42 Å². The molecule has 0 radical (unpaired) electrons. The molecule has 0 amide bonds. The van der Waals surface area contributed by atoms with Crippen molar-refractivity contribution in [2.24, 2.45) is 0 Å². The fourth-order valence-electron chi connectivity index (χ4n) is 4.08. The van der Waals surface area contributed by atoms with Crippen molar-refractivity contribution in [1.29, 1.82) is 0 Å². The molecule has 0 atom stereocenters. The van der Waals surface area contributed by atoms with Gasteiger partial charge in [-0.25, -0.2) is 12.2 Å². The summed E-state index contributed by atoms with van der Waals surface area (Å²) in [4.78, 5) is 2.18. The summed E-state index contributed by atoms with van der Waals surface area (Å²) in [6.45, 7) is 0. The van der Waals surface area contributed by atoms with Crippen LogP contribution in [0.2, 0.25) is 0 Å². The predicted octanol–water partition coefficient (Wildman–Crippen LogP) is 8.73. The van der Waals surface area contributed by atoms with E-state index in [9.17, 15) is 0 Å². The number of hydrogen-bond donors (Lipinski definition) is 0. The number of nitrogens with zero attached hydrogens (tertiary/aromatic N) is 1. The van der Waals surface area contributed by atoms with Crippen LogP contribution in [-0.2, 0) is 24.2 Å². The van der Waals surface area contributed by atoms with Crippen molar-refractivity contribution in [3.05, 3.63) is 145 Å². The number of hydrogen-bond acceptors (Lipinski definition) is 1. The Morgan fingerprint density at radius 1 is 0.730 bits per heavy atom. The molecule has 0 N–H and O–H groups in total. The number of benzene rings is 4. The van der Waals surface area contributed by atoms with Crippen LogP contribution in [0.4, 0.5) is 5.69 Å². The summed E-state index contributed by atoms with van der Waals surface area (Å²) in [5.74, 6) is 0. The molecule has 6 rings (SSSR count).